The fourth-order valence-corrected chi connectivity index (χ4v) is 4.85. The molecule has 1 fully saturated rings. The molecule has 0 aliphatic carbocycles. The fraction of sp³-hybridized carbons (Fsp3) is 0.357. The summed E-state index contributed by atoms with van der Waals surface area (Å²) in [7, 11) is 3.39. The van der Waals surface area contributed by atoms with Gasteiger partial charge in [0.05, 0.1) is 12.8 Å². The average molecular weight is 476 g/mol. The first-order chi connectivity index (χ1) is 17.0. The molecular weight excluding hydrogens is 442 g/mol. The fourth-order valence-electron chi connectivity index (χ4n) is 4.85. The molecule has 0 unspecified atom stereocenters. The van der Waals surface area contributed by atoms with Crippen molar-refractivity contribution in [3.63, 3.8) is 0 Å². The molecule has 0 radical (unpaired) electrons. The molecule has 1 saturated heterocycles. The summed E-state index contributed by atoms with van der Waals surface area (Å²) in [4.78, 5) is 33.0. The standard InChI is InChI=1S/C28H33N3O4/c1-4-5-13-21-25(30(2)22-14-9-10-15-23(22)35-3)26(32)24(27(33)29-21)28(34)31-17-16-20(18-31)19-11-7-6-8-12-19/h6-12,14-15,20H,4-5,13,16-18H2,1-3H3,(H2,29,32,33)/t20-/m0/s1. The molecule has 2 heterocycles. The highest BCUT2D eigenvalue weighted by atomic mass is 16.5. The van der Waals surface area contributed by atoms with Gasteiger partial charge in [0.25, 0.3) is 11.5 Å². The third-order valence-corrected chi connectivity index (χ3v) is 6.76. The maximum atomic E-state index is 13.5. The molecule has 35 heavy (non-hydrogen) atoms. The number of aromatic nitrogens is 1. The molecule has 7 heteroatoms. The number of para-hydroxylation sites is 2. The SMILES string of the molecule is CCCCc1[nH]c(=O)c(C(=O)N2CC[C@H](c3ccccc3)C2)c(O)c1N(C)c1ccccc1OC. The number of hydrogen-bond donors (Lipinski definition) is 2. The Hall–Kier alpha value is -3.74. The lowest BCUT2D eigenvalue weighted by molar-refractivity contribution is 0.0786. The van der Waals surface area contributed by atoms with Gasteiger partial charge >= 0.3 is 0 Å². The van der Waals surface area contributed by atoms with Gasteiger partial charge < -0.3 is 24.6 Å². The van der Waals surface area contributed by atoms with Gasteiger partial charge in [0.2, 0.25) is 0 Å². The highest BCUT2D eigenvalue weighted by Gasteiger charge is 2.33. The molecule has 3 aromatic rings. The van der Waals surface area contributed by atoms with Gasteiger partial charge in [0, 0.05) is 31.7 Å². The number of methoxy groups -OCH3 is 1. The van der Waals surface area contributed by atoms with Crippen molar-refractivity contribution in [2.24, 2.45) is 0 Å². The van der Waals surface area contributed by atoms with Crippen molar-refractivity contribution in [2.45, 2.75) is 38.5 Å². The minimum Gasteiger partial charge on any atom is -0.505 e. The zero-order valence-corrected chi connectivity index (χ0v) is 20.6. The number of aryl methyl sites for hydroxylation is 1. The molecule has 4 rings (SSSR count). The number of benzene rings is 2. The first-order valence-electron chi connectivity index (χ1n) is 12.1. The van der Waals surface area contributed by atoms with Gasteiger partial charge in [-0.2, -0.15) is 0 Å². The molecule has 1 amide bonds. The minimum absolute atomic E-state index is 0.209. The summed E-state index contributed by atoms with van der Waals surface area (Å²) >= 11 is 0. The van der Waals surface area contributed by atoms with E-state index in [9.17, 15) is 14.7 Å². The first-order valence-corrected chi connectivity index (χ1v) is 12.1. The summed E-state index contributed by atoms with van der Waals surface area (Å²) in [6.45, 7) is 3.11. The van der Waals surface area contributed by atoms with E-state index in [0.717, 1.165) is 24.9 Å². The number of aromatic amines is 1. The maximum Gasteiger partial charge on any atom is 0.264 e. The van der Waals surface area contributed by atoms with Crippen LogP contribution >= 0.6 is 0 Å². The lowest BCUT2D eigenvalue weighted by Gasteiger charge is -2.26. The Morgan fingerprint density at radius 1 is 1.17 bits per heavy atom. The van der Waals surface area contributed by atoms with E-state index in [1.807, 2.05) is 42.5 Å². The molecule has 2 N–H and O–H groups in total. The van der Waals surface area contributed by atoms with Crippen LogP contribution in [0.2, 0.25) is 0 Å². The summed E-state index contributed by atoms with van der Waals surface area (Å²) in [6, 6.07) is 17.5. The van der Waals surface area contributed by atoms with Crippen LogP contribution in [0.3, 0.4) is 0 Å². The van der Waals surface area contributed by atoms with Gasteiger partial charge in [0.1, 0.15) is 17.0 Å². The van der Waals surface area contributed by atoms with Gasteiger partial charge in [-0.15, -0.1) is 0 Å². The van der Waals surface area contributed by atoms with Crippen LogP contribution in [-0.4, -0.2) is 48.1 Å². The van der Waals surface area contributed by atoms with Crippen molar-refractivity contribution in [2.75, 3.05) is 32.1 Å². The number of hydrogen-bond acceptors (Lipinski definition) is 5. The molecule has 0 spiro atoms. The number of amides is 1. The number of unbranched alkanes of at least 4 members (excludes halogenated alkanes) is 1. The maximum absolute atomic E-state index is 13.5. The number of pyridine rings is 1. The summed E-state index contributed by atoms with van der Waals surface area (Å²) in [5.41, 5.74) is 2.15. The van der Waals surface area contributed by atoms with Crippen molar-refractivity contribution >= 4 is 17.3 Å². The number of H-pyrrole nitrogens is 1. The van der Waals surface area contributed by atoms with Crippen LogP contribution < -0.4 is 15.2 Å². The number of carbonyl (C=O) groups is 1. The lowest BCUT2D eigenvalue weighted by atomic mass is 9.99. The van der Waals surface area contributed by atoms with Crippen molar-refractivity contribution < 1.29 is 14.6 Å². The Morgan fingerprint density at radius 2 is 1.89 bits per heavy atom. The first kappa shape index (κ1) is 24.4. The second kappa shape index (κ2) is 10.7. The Bertz CT molecular complexity index is 1240. The molecule has 1 aliphatic heterocycles. The Morgan fingerprint density at radius 3 is 2.60 bits per heavy atom. The van der Waals surface area contributed by atoms with E-state index < -0.39 is 11.5 Å². The number of nitrogens with zero attached hydrogens (tertiary/aromatic N) is 2. The summed E-state index contributed by atoms with van der Waals surface area (Å²) in [6.07, 6.45) is 3.15. The monoisotopic (exact) mass is 475 g/mol. The van der Waals surface area contributed by atoms with E-state index in [1.54, 1.807) is 24.0 Å². The highest BCUT2D eigenvalue weighted by molar-refractivity contribution is 5.99. The van der Waals surface area contributed by atoms with E-state index in [-0.39, 0.29) is 17.2 Å². The Labute approximate surface area is 206 Å². The van der Waals surface area contributed by atoms with Gasteiger partial charge in [-0.1, -0.05) is 55.8 Å². The number of nitrogens with one attached hydrogen (secondary N) is 1. The average Bonchev–Trinajstić information content (AvgIpc) is 3.38. The van der Waals surface area contributed by atoms with Crippen LogP contribution in [0.15, 0.2) is 59.4 Å². The molecule has 1 aliphatic rings. The number of carbonyl (C=O) groups excluding carboxylic acids is 1. The number of ether oxygens (including phenoxy) is 1. The van der Waals surface area contributed by atoms with Crippen LogP contribution in [0, 0.1) is 0 Å². The molecule has 0 bridgehead atoms. The topological polar surface area (TPSA) is 85.9 Å². The lowest BCUT2D eigenvalue weighted by Crippen LogP contribution is -2.34. The van der Waals surface area contributed by atoms with Crippen LogP contribution in [0.4, 0.5) is 11.4 Å². The van der Waals surface area contributed by atoms with E-state index in [2.05, 4.69) is 24.0 Å². The number of anilines is 2. The quantitative estimate of drug-likeness (QED) is 0.487. The third kappa shape index (κ3) is 4.90. The van der Waals surface area contributed by atoms with E-state index >= 15 is 0 Å². The molecule has 7 nitrogen and oxygen atoms in total. The highest BCUT2D eigenvalue weighted by Crippen LogP contribution is 2.40. The van der Waals surface area contributed by atoms with Crippen LogP contribution in [0.1, 0.15) is 53.7 Å². The van der Waals surface area contributed by atoms with Crippen molar-refractivity contribution in [3.8, 4) is 11.5 Å². The molecule has 2 aromatic carbocycles. The predicted octanol–water partition coefficient (Wildman–Crippen LogP) is 4.83. The Kier molecular flexibility index (Phi) is 7.44. The smallest absolute Gasteiger partial charge is 0.264 e. The zero-order valence-electron chi connectivity index (χ0n) is 20.6. The van der Waals surface area contributed by atoms with E-state index in [1.165, 1.54) is 5.56 Å². The molecule has 184 valence electrons. The van der Waals surface area contributed by atoms with Crippen molar-refractivity contribution in [3.05, 3.63) is 81.8 Å². The minimum atomic E-state index is -0.557. The number of rotatable bonds is 8. The van der Waals surface area contributed by atoms with Gasteiger partial charge in [0.15, 0.2) is 5.75 Å². The zero-order chi connectivity index (χ0) is 24.9. The number of likely N-dealkylation sites (tertiary alicyclic amines) is 1. The molecule has 0 saturated carbocycles. The number of aromatic hydroxyl groups is 1. The van der Waals surface area contributed by atoms with Gasteiger partial charge in [-0.3, -0.25) is 9.59 Å². The third-order valence-electron chi connectivity index (χ3n) is 6.76. The van der Waals surface area contributed by atoms with Crippen LogP contribution in [0.25, 0.3) is 0 Å². The van der Waals surface area contributed by atoms with Gasteiger partial charge in [-0.05, 0) is 37.0 Å². The van der Waals surface area contributed by atoms with E-state index in [4.69, 9.17) is 4.74 Å². The van der Waals surface area contributed by atoms with Crippen LogP contribution in [0.5, 0.6) is 11.5 Å². The van der Waals surface area contributed by atoms with Crippen molar-refractivity contribution in [1.29, 1.82) is 0 Å². The van der Waals surface area contributed by atoms with E-state index in [0.29, 0.717) is 36.6 Å². The Balaban J connectivity index is 1.73. The molecular formula is C28H33N3O4. The summed E-state index contributed by atoms with van der Waals surface area (Å²) in [5.74, 6) is 0.0985. The van der Waals surface area contributed by atoms with Gasteiger partial charge in [-0.25, -0.2) is 0 Å². The normalized spacial score (nSPS) is 15.3. The summed E-state index contributed by atoms with van der Waals surface area (Å²) in [5, 5.41) is 11.4. The van der Waals surface area contributed by atoms with Crippen LogP contribution in [-0.2, 0) is 6.42 Å². The second-order valence-corrected chi connectivity index (χ2v) is 8.99. The summed E-state index contributed by atoms with van der Waals surface area (Å²) < 4.78 is 5.51. The molecule has 1 atom stereocenters. The molecule has 1 aromatic heterocycles. The predicted molar refractivity (Wildman–Crippen MR) is 138 cm³/mol. The van der Waals surface area contributed by atoms with Crippen molar-refractivity contribution in [1.82, 2.24) is 9.88 Å². The second-order valence-electron chi connectivity index (χ2n) is 8.99. The largest absolute Gasteiger partial charge is 0.505 e.